The summed E-state index contributed by atoms with van der Waals surface area (Å²) in [5.74, 6) is 1.32. The highest BCUT2D eigenvalue weighted by Crippen LogP contribution is 2.52. The summed E-state index contributed by atoms with van der Waals surface area (Å²) in [4.78, 5) is 19.7. The number of fused-ring (bicyclic) bond motifs is 6. The van der Waals surface area contributed by atoms with E-state index in [1.54, 1.807) is 0 Å². The van der Waals surface area contributed by atoms with Gasteiger partial charge in [-0.1, -0.05) is 54.6 Å². The van der Waals surface area contributed by atoms with Crippen molar-refractivity contribution in [2.45, 2.75) is 37.6 Å². The Balaban J connectivity index is 1.36. The number of nitrogens with zero attached hydrogens (tertiary/aromatic N) is 1. The average molecular weight is 423 g/mol. The van der Waals surface area contributed by atoms with Gasteiger partial charge in [0.05, 0.1) is 5.54 Å². The van der Waals surface area contributed by atoms with Crippen LogP contribution in [0.3, 0.4) is 0 Å². The standard InChI is InChI=1S/C29H30N2O/c1-2-13-29-18-22-17-27(32)21(15-20-8-4-3-5-9-20)16-23(22)19-31(29)14-12-25-24-10-6-7-11-26(24)30-28(25)29/h2-11,15,22-23,30H,1,12-14,16-19H2/b21-15-/t22-,23-,29-/m0/s1. The molecular formula is C29H30N2O. The summed E-state index contributed by atoms with van der Waals surface area (Å²) >= 11 is 0. The average Bonchev–Trinajstić information content (AvgIpc) is 3.19. The minimum atomic E-state index is -0.0591. The molecule has 3 aliphatic rings. The summed E-state index contributed by atoms with van der Waals surface area (Å²) in [6, 6.07) is 19.0. The fourth-order valence-corrected chi connectivity index (χ4v) is 6.68. The molecule has 3 heterocycles. The molecule has 6 rings (SSSR count). The number of hydrogen-bond acceptors (Lipinski definition) is 2. The molecule has 3 heteroatoms. The van der Waals surface area contributed by atoms with Crippen LogP contribution in [0.5, 0.6) is 0 Å². The molecule has 1 N–H and O–H groups in total. The van der Waals surface area contributed by atoms with Crippen molar-refractivity contribution in [3.8, 4) is 0 Å². The Hall–Kier alpha value is -2.91. The van der Waals surface area contributed by atoms with E-state index in [2.05, 4.69) is 65.0 Å². The van der Waals surface area contributed by atoms with E-state index in [-0.39, 0.29) is 5.54 Å². The van der Waals surface area contributed by atoms with Gasteiger partial charge in [-0.3, -0.25) is 9.69 Å². The topological polar surface area (TPSA) is 36.1 Å². The van der Waals surface area contributed by atoms with Gasteiger partial charge in [-0.15, -0.1) is 6.58 Å². The summed E-state index contributed by atoms with van der Waals surface area (Å²) < 4.78 is 0. The number of carbonyl (C=O) groups is 1. The smallest absolute Gasteiger partial charge is 0.159 e. The predicted octanol–water partition coefficient (Wildman–Crippen LogP) is 5.88. The van der Waals surface area contributed by atoms with E-state index < -0.39 is 0 Å². The number of piperidine rings is 1. The number of para-hydroxylation sites is 1. The number of hydrogen-bond donors (Lipinski definition) is 1. The first kappa shape index (κ1) is 19.8. The molecule has 1 aromatic heterocycles. The molecular weight excluding hydrogens is 392 g/mol. The summed E-state index contributed by atoms with van der Waals surface area (Å²) in [6.07, 6.45) is 8.83. The van der Waals surface area contributed by atoms with Crippen LogP contribution in [0, 0.1) is 11.8 Å². The molecule has 0 unspecified atom stereocenters. The van der Waals surface area contributed by atoms with Crippen LogP contribution in [0.1, 0.15) is 42.5 Å². The monoisotopic (exact) mass is 422 g/mol. The number of ketones is 1. The summed E-state index contributed by atoms with van der Waals surface area (Å²) in [5, 5.41) is 1.36. The lowest BCUT2D eigenvalue weighted by molar-refractivity contribution is -0.121. The van der Waals surface area contributed by atoms with Crippen molar-refractivity contribution in [1.82, 2.24) is 9.88 Å². The van der Waals surface area contributed by atoms with Crippen LogP contribution in [-0.4, -0.2) is 28.8 Å². The lowest BCUT2D eigenvalue weighted by Crippen LogP contribution is -2.58. The summed E-state index contributed by atoms with van der Waals surface area (Å²) in [5.41, 5.74) is 6.17. The van der Waals surface area contributed by atoms with Crippen molar-refractivity contribution in [2.24, 2.45) is 11.8 Å². The third-order valence-electron chi connectivity index (χ3n) is 8.15. The van der Waals surface area contributed by atoms with Crippen molar-refractivity contribution >= 4 is 22.8 Å². The van der Waals surface area contributed by atoms with E-state index in [0.717, 1.165) is 49.9 Å². The fourth-order valence-electron chi connectivity index (χ4n) is 6.68. The highest BCUT2D eigenvalue weighted by molar-refractivity contribution is 6.00. The van der Waals surface area contributed by atoms with Gasteiger partial charge in [-0.2, -0.15) is 0 Å². The van der Waals surface area contributed by atoms with E-state index in [1.165, 1.54) is 22.2 Å². The molecule has 32 heavy (non-hydrogen) atoms. The second-order valence-electron chi connectivity index (χ2n) is 9.88. The van der Waals surface area contributed by atoms with Gasteiger partial charge >= 0.3 is 0 Å². The normalized spacial score (nSPS) is 28.9. The molecule has 3 nitrogen and oxygen atoms in total. The Labute approximate surface area is 189 Å². The molecule has 1 saturated heterocycles. The molecule has 3 aromatic rings. The van der Waals surface area contributed by atoms with Crippen molar-refractivity contribution in [3.05, 3.63) is 89.6 Å². The predicted molar refractivity (Wildman–Crippen MR) is 130 cm³/mol. The van der Waals surface area contributed by atoms with E-state index in [0.29, 0.717) is 24.0 Å². The maximum Gasteiger partial charge on any atom is 0.159 e. The molecule has 0 radical (unpaired) electrons. The molecule has 1 saturated carbocycles. The van der Waals surface area contributed by atoms with E-state index in [9.17, 15) is 4.79 Å². The van der Waals surface area contributed by atoms with Gasteiger partial charge in [-0.05, 0) is 66.4 Å². The molecule has 2 aliphatic heterocycles. The van der Waals surface area contributed by atoms with Crippen LogP contribution >= 0.6 is 0 Å². The van der Waals surface area contributed by atoms with Gasteiger partial charge in [0.1, 0.15) is 0 Å². The van der Waals surface area contributed by atoms with Crippen LogP contribution in [-0.2, 0) is 16.8 Å². The quantitative estimate of drug-likeness (QED) is 0.423. The maximum absolute atomic E-state index is 13.2. The number of carbonyl (C=O) groups excluding carboxylic acids is 1. The Morgan fingerprint density at radius 1 is 1.06 bits per heavy atom. The number of aromatic nitrogens is 1. The third kappa shape index (κ3) is 3.02. The van der Waals surface area contributed by atoms with Gasteiger partial charge in [0.25, 0.3) is 0 Å². The summed E-state index contributed by atoms with van der Waals surface area (Å²) in [6.45, 7) is 6.27. The SMILES string of the molecule is C=CC[C@@]12C[C@@H]3CC(=O)/C(=C\c4ccccc4)C[C@H]3CN1CCc1c2[nH]c2ccccc12. The first-order valence-corrected chi connectivity index (χ1v) is 11.9. The first-order chi connectivity index (χ1) is 15.7. The van der Waals surface area contributed by atoms with Gasteiger partial charge in [0, 0.05) is 36.1 Å². The molecule has 0 bridgehead atoms. The van der Waals surface area contributed by atoms with Gasteiger partial charge in [0.15, 0.2) is 5.78 Å². The van der Waals surface area contributed by atoms with Crippen molar-refractivity contribution in [3.63, 3.8) is 0 Å². The van der Waals surface area contributed by atoms with Crippen LogP contribution in [0.15, 0.2) is 72.8 Å². The Morgan fingerprint density at radius 2 is 1.88 bits per heavy atom. The first-order valence-electron chi connectivity index (χ1n) is 11.9. The molecule has 1 aliphatic carbocycles. The Bertz CT molecular complexity index is 1220. The number of aromatic amines is 1. The number of allylic oxidation sites excluding steroid dienone is 1. The largest absolute Gasteiger partial charge is 0.357 e. The number of rotatable bonds is 3. The highest BCUT2D eigenvalue weighted by Gasteiger charge is 2.51. The van der Waals surface area contributed by atoms with Gasteiger partial charge in [-0.25, -0.2) is 0 Å². The lowest BCUT2D eigenvalue weighted by Gasteiger charge is -2.55. The van der Waals surface area contributed by atoms with Crippen LogP contribution in [0.2, 0.25) is 0 Å². The zero-order chi connectivity index (χ0) is 21.7. The minimum Gasteiger partial charge on any atom is -0.357 e. The fraction of sp³-hybridized carbons (Fsp3) is 0.345. The number of Topliss-reactive ketones (excluding diaryl/α,β-unsaturated/α-hetero) is 1. The van der Waals surface area contributed by atoms with Crippen molar-refractivity contribution in [1.29, 1.82) is 0 Å². The van der Waals surface area contributed by atoms with Crippen LogP contribution < -0.4 is 0 Å². The number of benzene rings is 2. The van der Waals surface area contributed by atoms with E-state index in [4.69, 9.17) is 0 Å². The Morgan fingerprint density at radius 3 is 2.72 bits per heavy atom. The lowest BCUT2D eigenvalue weighted by atomic mass is 9.63. The number of H-pyrrole nitrogens is 1. The molecule has 0 amide bonds. The molecule has 2 fully saturated rings. The van der Waals surface area contributed by atoms with Gasteiger partial charge < -0.3 is 4.98 Å². The Kier molecular flexibility index (Phi) is 4.69. The van der Waals surface area contributed by atoms with Crippen LogP contribution in [0.25, 0.3) is 17.0 Å². The van der Waals surface area contributed by atoms with Crippen molar-refractivity contribution < 1.29 is 4.79 Å². The number of nitrogens with one attached hydrogen (secondary N) is 1. The molecule has 2 aromatic carbocycles. The second-order valence-corrected chi connectivity index (χ2v) is 9.88. The zero-order valence-electron chi connectivity index (χ0n) is 18.5. The van der Waals surface area contributed by atoms with Crippen molar-refractivity contribution in [2.75, 3.05) is 13.1 Å². The third-order valence-corrected chi connectivity index (χ3v) is 8.15. The maximum atomic E-state index is 13.2. The zero-order valence-corrected chi connectivity index (χ0v) is 18.5. The van der Waals surface area contributed by atoms with Gasteiger partial charge in [0.2, 0.25) is 0 Å². The molecule has 0 spiro atoms. The highest BCUT2D eigenvalue weighted by atomic mass is 16.1. The van der Waals surface area contributed by atoms with E-state index >= 15 is 0 Å². The second kappa shape index (κ2) is 7.60. The molecule has 3 atom stereocenters. The molecule has 162 valence electrons. The van der Waals surface area contributed by atoms with Crippen LogP contribution in [0.4, 0.5) is 0 Å². The minimum absolute atomic E-state index is 0.0591. The van der Waals surface area contributed by atoms with E-state index in [1.807, 2.05) is 18.2 Å². The summed E-state index contributed by atoms with van der Waals surface area (Å²) in [7, 11) is 0.